The minimum absolute atomic E-state index is 0.658. The summed E-state index contributed by atoms with van der Waals surface area (Å²) < 4.78 is 0. The summed E-state index contributed by atoms with van der Waals surface area (Å²) in [4.78, 5) is 4.92. The van der Waals surface area contributed by atoms with E-state index in [9.17, 15) is 0 Å². The molecule has 11 aromatic rings. The second-order valence-electron chi connectivity index (χ2n) is 20.8. The number of rotatable bonds is 10. The molecule has 0 amide bonds. The van der Waals surface area contributed by atoms with Gasteiger partial charge >= 0.3 is 0 Å². The van der Waals surface area contributed by atoms with Crippen LogP contribution in [0.25, 0.3) is 65.3 Å². The lowest BCUT2D eigenvalue weighted by Crippen LogP contribution is -2.11. The van der Waals surface area contributed by atoms with E-state index in [1.165, 1.54) is 150 Å². The summed E-state index contributed by atoms with van der Waals surface area (Å²) in [6, 6.07) is 83.2. The normalized spacial score (nSPS) is 14.2. The van der Waals surface area contributed by atoms with Crippen LogP contribution in [0, 0.1) is 13.8 Å². The van der Waals surface area contributed by atoms with Gasteiger partial charge < -0.3 is 9.80 Å². The SMILES string of the molecule is Cc1ccc(N(c2ccc(C3CCCC3)cc2)c2ccc3c(-c4ccc5ccccc5c4)c4cc(N(c5ccc(C)cc5)c5ccc(C6CCCC6)cc5)ccc4c(-c4ccc5ccccc5c4)c3c2)cc1. The van der Waals surface area contributed by atoms with Crippen molar-refractivity contribution in [3.63, 3.8) is 0 Å². The van der Waals surface area contributed by atoms with E-state index in [0.29, 0.717) is 11.8 Å². The summed E-state index contributed by atoms with van der Waals surface area (Å²) in [6.45, 7) is 4.35. The predicted octanol–water partition coefficient (Wildman–Crippen LogP) is 20.5. The Morgan fingerprint density at radius 3 is 1.00 bits per heavy atom. The molecule has 2 nitrogen and oxygen atoms in total. The lowest BCUT2D eigenvalue weighted by atomic mass is 9.84. The van der Waals surface area contributed by atoms with Gasteiger partial charge in [0.15, 0.2) is 0 Å². The van der Waals surface area contributed by atoms with Crippen molar-refractivity contribution in [2.24, 2.45) is 0 Å². The molecular formula is C70H60N2. The highest BCUT2D eigenvalue weighted by Gasteiger charge is 2.24. The molecule has 72 heavy (non-hydrogen) atoms. The Labute approximate surface area is 424 Å². The van der Waals surface area contributed by atoms with E-state index in [1.807, 2.05) is 0 Å². The standard InChI is InChI=1S/C70H60N2/c1-47-19-31-59(32-20-47)71(61-35-27-53(28-36-61)49-11-3-4-12-49)63-39-41-65-67(45-63)69(57-25-23-51-15-7-9-17-55(51)43-57)66-42-40-64(46-68(66)70(65)58-26-24-52-16-8-10-18-56(52)44-58)72(60-33-21-48(2)22-34-60)62-37-29-54(30-38-62)50-13-5-6-14-50/h7-10,15-46,49-50H,3-6,11-14H2,1-2H3. The molecular weight excluding hydrogens is 869 g/mol. The second-order valence-corrected chi connectivity index (χ2v) is 20.8. The molecule has 2 aliphatic carbocycles. The molecule has 350 valence electrons. The third kappa shape index (κ3) is 8.19. The van der Waals surface area contributed by atoms with Gasteiger partial charge in [0.25, 0.3) is 0 Å². The van der Waals surface area contributed by atoms with Crippen LogP contribution < -0.4 is 9.80 Å². The molecule has 2 saturated carbocycles. The average molecular weight is 929 g/mol. The zero-order valence-corrected chi connectivity index (χ0v) is 41.5. The van der Waals surface area contributed by atoms with Gasteiger partial charge in [0, 0.05) is 34.1 Å². The summed E-state index contributed by atoms with van der Waals surface area (Å²) in [5.74, 6) is 1.32. The topological polar surface area (TPSA) is 6.48 Å². The predicted molar refractivity (Wildman–Crippen MR) is 309 cm³/mol. The van der Waals surface area contributed by atoms with E-state index >= 15 is 0 Å². The van der Waals surface area contributed by atoms with E-state index in [2.05, 4.69) is 242 Å². The first kappa shape index (κ1) is 44.0. The number of anilines is 6. The fourth-order valence-corrected chi connectivity index (χ4v) is 12.4. The molecule has 2 aliphatic rings. The van der Waals surface area contributed by atoms with E-state index in [1.54, 1.807) is 0 Å². The fraction of sp³-hybridized carbons (Fsp3) is 0.171. The molecule has 0 bridgehead atoms. The number of fused-ring (bicyclic) bond motifs is 4. The van der Waals surface area contributed by atoms with Crippen LogP contribution in [0.15, 0.2) is 218 Å². The first-order valence-electron chi connectivity index (χ1n) is 26.4. The quantitative estimate of drug-likeness (QED) is 0.126. The first-order valence-corrected chi connectivity index (χ1v) is 26.4. The molecule has 0 spiro atoms. The van der Waals surface area contributed by atoms with Crippen LogP contribution in [-0.4, -0.2) is 0 Å². The number of aryl methyl sites for hydroxylation is 2. The molecule has 0 N–H and O–H groups in total. The lowest BCUT2D eigenvalue weighted by Gasteiger charge is -2.28. The van der Waals surface area contributed by atoms with Gasteiger partial charge in [-0.3, -0.25) is 0 Å². The van der Waals surface area contributed by atoms with Gasteiger partial charge in [-0.1, -0.05) is 170 Å². The Morgan fingerprint density at radius 1 is 0.292 bits per heavy atom. The summed E-state index contributed by atoms with van der Waals surface area (Å²) in [7, 11) is 0. The molecule has 0 unspecified atom stereocenters. The van der Waals surface area contributed by atoms with E-state index in [0.717, 1.165) is 22.7 Å². The number of hydrogen-bond donors (Lipinski definition) is 0. The van der Waals surface area contributed by atoms with Crippen molar-refractivity contribution in [2.75, 3.05) is 9.80 Å². The lowest BCUT2D eigenvalue weighted by molar-refractivity contribution is 0.723. The van der Waals surface area contributed by atoms with Crippen LogP contribution in [-0.2, 0) is 0 Å². The summed E-state index contributed by atoms with van der Waals surface area (Å²) >= 11 is 0. The third-order valence-electron chi connectivity index (χ3n) is 16.2. The van der Waals surface area contributed by atoms with Crippen molar-refractivity contribution >= 4 is 77.2 Å². The van der Waals surface area contributed by atoms with E-state index < -0.39 is 0 Å². The molecule has 13 rings (SSSR count). The highest BCUT2D eigenvalue weighted by Crippen LogP contribution is 2.49. The van der Waals surface area contributed by atoms with E-state index in [4.69, 9.17) is 0 Å². The van der Waals surface area contributed by atoms with Gasteiger partial charge in [0.05, 0.1) is 0 Å². The van der Waals surface area contributed by atoms with Crippen LogP contribution in [0.1, 0.15) is 85.5 Å². The third-order valence-corrected chi connectivity index (χ3v) is 16.2. The van der Waals surface area contributed by atoms with Crippen molar-refractivity contribution in [3.05, 3.63) is 241 Å². The van der Waals surface area contributed by atoms with Gasteiger partial charge in [-0.15, -0.1) is 0 Å². The van der Waals surface area contributed by atoms with E-state index in [-0.39, 0.29) is 0 Å². The Bertz CT molecular complexity index is 3510. The summed E-state index contributed by atoms with van der Waals surface area (Å²) in [6.07, 6.45) is 10.5. The minimum atomic E-state index is 0.658. The smallest absolute Gasteiger partial charge is 0.0468 e. The summed E-state index contributed by atoms with van der Waals surface area (Å²) in [5.41, 5.74) is 17.2. The molecule has 0 saturated heterocycles. The van der Waals surface area contributed by atoms with Gasteiger partial charge in [0.2, 0.25) is 0 Å². The van der Waals surface area contributed by atoms with Crippen LogP contribution in [0.2, 0.25) is 0 Å². The maximum atomic E-state index is 2.48. The Kier molecular flexibility index (Phi) is 11.4. The van der Waals surface area contributed by atoms with Crippen molar-refractivity contribution < 1.29 is 0 Å². The molecule has 11 aromatic carbocycles. The molecule has 0 radical (unpaired) electrons. The maximum absolute atomic E-state index is 2.48. The number of nitrogens with zero attached hydrogens (tertiary/aromatic N) is 2. The first-order chi connectivity index (χ1) is 35.5. The maximum Gasteiger partial charge on any atom is 0.0468 e. The van der Waals surface area contributed by atoms with Crippen molar-refractivity contribution in [3.8, 4) is 22.3 Å². The molecule has 0 aliphatic heterocycles. The van der Waals surface area contributed by atoms with Crippen molar-refractivity contribution in [1.29, 1.82) is 0 Å². The van der Waals surface area contributed by atoms with Crippen LogP contribution in [0.4, 0.5) is 34.1 Å². The zero-order valence-electron chi connectivity index (χ0n) is 41.5. The summed E-state index contributed by atoms with van der Waals surface area (Å²) in [5, 5.41) is 9.85. The van der Waals surface area contributed by atoms with Crippen LogP contribution in [0.3, 0.4) is 0 Å². The monoisotopic (exact) mass is 928 g/mol. The fourth-order valence-electron chi connectivity index (χ4n) is 12.4. The average Bonchev–Trinajstić information content (AvgIpc) is 4.19. The largest absolute Gasteiger partial charge is 0.310 e. The minimum Gasteiger partial charge on any atom is -0.310 e. The zero-order chi connectivity index (χ0) is 48.1. The van der Waals surface area contributed by atoms with Gasteiger partial charge in [0.1, 0.15) is 0 Å². The molecule has 0 aromatic heterocycles. The molecule has 2 fully saturated rings. The number of benzene rings is 11. The van der Waals surface area contributed by atoms with Gasteiger partial charge in [-0.25, -0.2) is 0 Å². The molecule has 0 heterocycles. The van der Waals surface area contributed by atoms with Crippen LogP contribution >= 0.6 is 0 Å². The van der Waals surface area contributed by atoms with Crippen molar-refractivity contribution in [1.82, 2.24) is 0 Å². The molecule has 2 heteroatoms. The Hall–Kier alpha value is -7.94. The second kappa shape index (κ2) is 18.7. The van der Waals surface area contributed by atoms with Gasteiger partial charge in [-0.2, -0.15) is 0 Å². The Balaban J connectivity index is 1.08. The molecule has 0 atom stereocenters. The van der Waals surface area contributed by atoms with Gasteiger partial charge in [-0.05, 0) is 213 Å². The highest BCUT2D eigenvalue weighted by atomic mass is 15.1. The van der Waals surface area contributed by atoms with Crippen LogP contribution in [0.5, 0.6) is 0 Å². The van der Waals surface area contributed by atoms with Crippen molar-refractivity contribution in [2.45, 2.75) is 77.0 Å². The Morgan fingerprint density at radius 2 is 0.625 bits per heavy atom. The highest BCUT2D eigenvalue weighted by molar-refractivity contribution is 6.23. The number of hydrogen-bond acceptors (Lipinski definition) is 2.